The van der Waals surface area contributed by atoms with E-state index in [2.05, 4.69) is 52.1 Å². The SMILES string of the molecule is C/C=C\CCCNC(=S)OC(CCCCCCCC(=O)OCCC(CCCCC)CCCCC)CCCCCCCC(=O)OCCC(CCCCC)CCCCC. The average Bonchev–Trinajstić information content (AvgIpc) is 3.19. The number of carbonyl (C=O) groups is 2. The molecular formula is C50H95NO5S. The van der Waals surface area contributed by atoms with Crippen LogP contribution in [0.2, 0.25) is 0 Å². The Morgan fingerprint density at radius 1 is 0.509 bits per heavy atom. The second kappa shape index (κ2) is 43.9. The van der Waals surface area contributed by atoms with Crippen molar-refractivity contribution in [2.75, 3.05) is 19.8 Å². The van der Waals surface area contributed by atoms with Gasteiger partial charge in [-0.1, -0.05) is 181 Å². The monoisotopic (exact) mass is 822 g/mol. The second-order valence-electron chi connectivity index (χ2n) is 17.0. The molecule has 0 saturated carbocycles. The molecule has 0 atom stereocenters. The highest BCUT2D eigenvalue weighted by Gasteiger charge is 2.14. The number of unbranched alkanes of at least 4 members (excludes halogenated alkanes) is 17. The molecule has 0 rings (SSSR count). The summed E-state index contributed by atoms with van der Waals surface area (Å²) in [4.78, 5) is 24.8. The Hall–Kier alpha value is -1.63. The van der Waals surface area contributed by atoms with Gasteiger partial charge in [-0.05, 0) is 95.2 Å². The van der Waals surface area contributed by atoms with Crippen LogP contribution in [-0.2, 0) is 23.8 Å². The van der Waals surface area contributed by atoms with Gasteiger partial charge in [0.1, 0.15) is 6.10 Å². The van der Waals surface area contributed by atoms with Crippen LogP contribution in [0, 0.1) is 11.8 Å². The first-order valence-corrected chi connectivity index (χ1v) is 25.2. The van der Waals surface area contributed by atoms with Gasteiger partial charge in [0.2, 0.25) is 0 Å². The Morgan fingerprint density at radius 2 is 0.895 bits per heavy atom. The summed E-state index contributed by atoms with van der Waals surface area (Å²) in [5.74, 6) is 1.36. The van der Waals surface area contributed by atoms with Gasteiger partial charge in [-0.15, -0.1) is 0 Å². The molecule has 0 saturated heterocycles. The van der Waals surface area contributed by atoms with Gasteiger partial charge in [-0.2, -0.15) is 0 Å². The van der Waals surface area contributed by atoms with Crippen LogP contribution in [0.5, 0.6) is 0 Å². The average molecular weight is 822 g/mol. The lowest BCUT2D eigenvalue weighted by Gasteiger charge is -2.20. The summed E-state index contributed by atoms with van der Waals surface area (Å²) in [7, 11) is 0. The van der Waals surface area contributed by atoms with Gasteiger partial charge in [0.05, 0.1) is 13.2 Å². The van der Waals surface area contributed by atoms with Crippen LogP contribution in [0.25, 0.3) is 0 Å². The number of esters is 2. The highest BCUT2D eigenvalue weighted by Crippen LogP contribution is 2.23. The van der Waals surface area contributed by atoms with Crippen molar-refractivity contribution in [3.8, 4) is 0 Å². The number of hydrogen-bond acceptors (Lipinski definition) is 6. The zero-order valence-electron chi connectivity index (χ0n) is 38.5. The summed E-state index contributed by atoms with van der Waals surface area (Å²) in [5, 5.41) is 3.83. The Kier molecular flexibility index (Phi) is 42.7. The molecule has 1 N–H and O–H groups in total. The molecule has 7 heteroatoms. The first-order valence-electron chi connectivity index (χ1n) is 24.8. The summed E-state index contributed by atoms with van der Waals surface area (Å²) < 4.78 is 17.6. The fourth-order valence-electron chi connectivity index (χ4n) is 7.80. The number of carbonyl (C=O) groups excluding carboxylic acids is 2. The van der Waals surface area contributed by atoms with E-state index in [1.807, 2.05) is 0 Å². The minimum absolute atomic E-state index is 0.0225. The zero-order valence-corrected chi connectivity index (χ0v) is 39.3. The molecule has 0 unspecified atom stereocenters. The number of ether oxygens (including phenoxy) is 3. The topological polar surface area (TPSA) is 73.9 Å². The first-order chi connectivity index (χ1) is 27.9. The largest absolute Gasteiger partial charge is 0.468 e. The highest BCUT2D eigenvalue weighted by molar-refractivity contribution is 7.80. The van der Waals surface area contributed by atoms with Crippen molar-refractivity contribution in [3.05, 3.63) is 12.2 Å². The van der Waals surface area contributed by atoms with E-state index >= 15 is 0 Å². The second-order valence-corrected chi connectivity index (χ2v) is 17.4. The normalized spacial score (nSPS) is 11.6. The van der Waals surface area contributed by atoms with Gasteiger partial charge in [0.25, 0.3) is 5.17 Å². The molecule has 0 spiro atoms. The molecular weight excluding hydrogens is 727 g/mol. The van der Waals surface area contributed by atoms with Crippen LogP contribution in [-0.4, -0.2) is 43.0 Å². The number of allylic oxidation sites excluding steroid dienone is 2. The fourth-order valence-corrected chi connectivity index (χ4v) is 8.04. The zero-order chi connectivity index (χ0) is 41.9. The first kappa shape index (κ1) is 55.4. The molecule has 336 valence electrons. The number of hydrogen-bond donors (Lipinski definition) is 1. The van der Waals surface area contributed by atoms with Gasteiger partial charge < -0.3 is 19.5 Å². The Balaban J connectivity index is 4.39. The van der Waals surface area contributed by atoms with Crippen LogP contribution in [0.1, 0.15) is 253 Å². The molecule has 0 aromatic rings. The molecule has 57 heavy (non-hydrogen) atoms. The fraction of sp³-hybridized carbons (Fsp3) is 0.900. The molecule has 0 aliphatic carbocycles. The van der Waals surface area contributed by atoms with E-state index in [-0.39, 0.29) is 18.0 Å². The van der Waals surface area contributed by atoms with Gasteiger partial charge >= 0.3 is 11.9 Å². The van der Waals surface area contributed by atoms with Crippen molar-refractivity contribution in [2.24, 2.45) is 11.8 Å². The lowest BCUT2D eigenvalue weighted by molar-refractivity contribution is -0.145. The van der Waals surface area contributed by atoms with E-state index < -0.39 is 0 Å². The minimum atomic E-state index is -0.0225. The summed E-state index contributed by atoms with van der Waals surface area (Å²) in [6.45, 7) is 13.1. The lowest BCUT2D eigenvalue weighted by Crippen LogP contribution is -2.29. The maximum atomic E-state index is 12.4. The van der Waals surface area contributed by atoms with E-state index in [0.29, 0.717) is 43.1 Å². The summed E-state index contributed by atoms with van der Waals surface area (Å²) in [5.41, 5.74) is 0. The minimum Gasteiger partial charge on any atom is -0.468 e. The maximum absolute atomic E-state index is 12.4. The smallest absolute Gasteiger partial charge is 0.305 e. The van der Waals surface area contributed by atoms with E-state index in [1.165, 1.54) is 103 Å². The van der Waals surface area contributed by atoms with Crippen LogP contribution in [0.15, 0.2) is 12.2 Å². The van der Waals surface area contributed by atoms with Gasteiger partial charge in [0, 0.05) is 19.4 Å². The molecule has 0 fully saturated rings. The lowest BCUT2D eigenvalue weighted by atomic mass is 9.92. The molecule has 6 nitrogen and oxygen atoms in total. The van der Waals surface area contributed by atoms with Crippen molar-refractivity contribution in [3.63, 3.8) is 0 Å². The third-order valence-corrected chi connectivity index (χ3v) is 11.8. The molecule has 0 bridgehead atoms. The third kappa shape index (κ3) is 39.6. The predicted molar refractivity (Wildman–Crippen MR) is 249 cm³/mol. The summed E-state index contributed by atoms with van der Waals surface area (Å²) in [6.07, 6.45) is 42.9. The molecule has 0 heterocycles. The molecule has 0 aromatic carbocycles. The third-order valence-electron chi connectivity index (χ3n) is 11.6. The Labute approximate surface area is 360 Å². The van der Waals surface area contributed by atoms with Crippen LogP contribution >= 0.6 is 12.2 Å². The van der Waals surface area contributed by atoms with Crippen molar-refractivity contribution >= 4 is 29.3 Å². The summed E-state index contributed by atoms with van der Waals surface area (Å²) >= 11 is 5.57. The predicted octanol–water partition coefficient (Wildman–Crippen LogP) is 15.5. The Morgan fingerprint density at radius 3 is 1.30 bits per heavy atom. The van der Waals surface area contributed by atoms with E-state index in [0.717, 1.165) is 109 Å². The van der Waals surface area contributed by atoms with Gasteiger partial charge in [-0.25, -0.2) is 0 Å². The summed E-state index contributed by atoms with van der Waals surface area (Å²) in [6, 6.07) is 0. The number of nitrogens with one attached hydrogen (secondary N) is 1. The van der Waals surface area contributed by atoms with Gasteiger partial charge in [0.15, 0.2) is 0 Å². The van der Waals surface area contributed by atoms with E-state index in [1.54, 1.807) is 0 Å². The number of rotatable bonds is 43. The van der Waals surface area contributed by atoms with Crippen LogP contribution in [0.4, 0.5) is 0 Å². The maximum Gasteiger partial charge on any atom is 0.305 e. The van der Waals surface area contributed by atoms with Crippen LogP contribution in [0.3, 0.4) is 0 Å². The molecule has 0 amide bonds. The molecule has 0 aromatic heterocycles. The quantitative estimate of drug-likeness (QED) is 0.0284. The van der Waals surface area contributed by atoms with E-state index in [9.17, 15) is 9.59 Å². The van der Waals surface area contributed by atoms with Crippen molar-refractivity contribution < 1.29 is 23.8 Å². The highest BCUT2D eigenvalue weighted by atomic mass is 32.1. The van der Waals surface area contributed by atoms with Crippen LogP contribution < -0.4 is 5.32 Å². The Bertz CT molecular complexity index is 850. The molecule has 0 aliphatic heterocycles. The molecule has 0 radical (unpaired) electrons. The van der Waals surface area contributed by atoms with Crippen molar-refractivity contribution in [2.45, 2.75) is 259 Å². The molecule has 0 aliphatic rings. The van der Waals surface area contributed by atoms with Gasteiger partial charge in [-0.3, -0.25) is 9.59 Å². The van der Waals surface area contributed by atoms with Crippen molar-refractivity contribution in [1.29, 1.82) is 0 Å². The number of thiocarbonyl (C=S) groups is 1. The van der Waals surface area contributed by atoms with Crippen molar-refractivity contribution in [1.82, 2.24) is 5.32 Å². The van der Waals surface area contributed by atoms with E-state index in [4.69, 9.17) is 26.4 Å². The standard InChI is InChI=1S/C50H95NO5S/c1-6-11-16-31-42-51-50(57)56-47(36-27-19-17-21-29-38-48(52)54-43-40-45(32-23-12-7-2)33-24-13-8-3)37-28-20-18-22-30-39-49(53)55-44-41-46(34-25-14-9-4)35-26-15-10-5/h6,11,45-47H,7-10,12-44H2,1-5H3,(H,51,57)/b11-6-.